The summed E-state index contributed by atoms with van der Waals surface area (Å²) in [4.78, 5) is 24.8. The summed E-state index contributed by atoms with van der Waals surface area (Å²) < 4.78 is 0. The monoisotopic (exact) mass is 372 g/mol. The van der Waals surface area contributed by atoms with Crippen molar-refractivity contribution >= 4 is 23.2 Å². The summed E-state index contributed by atoms with van der Waals surface area (Å²) in [5, 5.41) is 5.74. The van der Waals surface area contributed by atoms with Gasteiger partial charge in [-0.05, 0) is 72.5 Å². The highest BCUT2D eigenvalue weighted by molar-refractivity contribution is 6.07. The molecule has 4 nitrogen and oxygen atoms in total. The van der Waals surface area contributed by atoms with Gasteiger partial charge in [0.2, 0.25) is 0 Å². The van der Waals surface area contributed by atoms with Gasteiger partial charge >= 0.3 is 0 Å². The average Bonchev–Trinajstić information content (AvgIpc) is 2.75. The zero-order valence-electron chi connectivity index (χ0n) is 16.2. The van der Waals surface area contributed by atoms with E-state index in [0.717, 1.165) is 24.2 Å². The summed E-state index contributed by atoms with van der Waals surface area (Å²) in [6.07, 6.45) is 1.92. The Hall–Kier alpha value is -3.40. The van der Waals surface area contributed by atoms with E-state index in [1.54, 1.807) is 24.3 Å². The van der Waals surface area contributed by atoms with Crippen LogP contribution >= 0.6 is 0 Å². The second-order valence-corrected chi connectivity index (χ2v) is 6.59. The van der Waals surface area contributed by atoms with Crippen molar-refractivity contribution < 1.29 is 9.59 Å². The molecule has 3 aromatic rings. The van der Waals surface area contributed by atoms with E-state index in [1.165, 1.54) is 11.1 Å². The first-order valence-electron chi connectivity index (χ1n) is 9.49. The maximum Gasteiger partial charge on any atom is 0.255 e. The van der Waals surface area contributed by atoms with Crippen molar-refractivity contribution in [2.45, 2.75) is 26.7 Å². The molecule has 0 saturated carbocycles. The third kappa shape index (κ3) is 4.86. The quantitative estimate of drug-likeness (QED) is 0.615. The first-order chi connectivity index (χ1) is 13.6. The Bertz CT molecular complexity index is 863. The minimum atomic E-state index is -0.202. The Morgan fingerprint density at radius 2 is 0.893 bits per heavy atom. The molecule has 0 radical (unpaired) electrons. The maximum absolute atomic E-state index is 12.4. The fourth-order valence-electron chi connectivity index (χ4n) is 2.83. The van der Waals surface area contributed by atoms with Gasteiger partial charge in [0.1, 0.15) is 0 Å². The fourth-order valence-corrected chi connectivity index (χ4v) is 2.83. The van der Waals surface area contributed by atoms with E-state index in [4.69, 9.17) is 0 Å². The lowest BCUT2D eigenvalue weighted by molar-refractivity contribution is 0.101. The predicted octanol–water partition coefficient (Wildman–Crippen LogP) is 5.32. The van der Waals surface area contributed by atoms with Crippen LogP contribution in [-0.4, -0.2) is 11.8 Å². The van der Waals surface area contributed by atoms with Gasteiger partial charge in [-0.15, -0.1) is 0 Å². The summed E-state index contributed by atoms with van der Waals surface area (Å²) in [6.45, 7) is 4.18. The van der Waals surface area contributed by atoms with Crippen molar-refractivity contribution in [2.24, 2.45) is 0 Å². The molecule has 3 rings (SSSR count). The van der Waals surface area contributed by atoms with Crippen LogP contribution in [0.15, 0.2) is 72.8 Å². The third-order valence-corrected chi connectivity index (χ3v) is 4.65. The number of aryl methyl sites for hydroxylation is 2. The summed E-state index contributed by atoms with van der Waals surface area (Å²) in [5.41, 5.74) is 4.95. The number of rotatable bonds is 6. The summed E-state index contributed by atoms with van der Waals surface area (Å²) in [7, 11) is 0. The normalized spacial score (nSPS) is 10.4. The predicted molar refractivity (Wildman–Crippen MR) is 114 cm³/mol. The van der Waals surface area contributed by atoms with Crippen LogP contribution in [0.2, 0.25) is 0 Å². The molecule has 4 heteroatoms. The molecule has 0 bridgehead atoms. The number of anilines is 2. The average molecular weight is 372 g/mol. The molecule has 0 unspecified atom stereocenters. The van der Waals surface area contributed by atoms with Crippen LogP contribution in [0.3, 0.4) is 0 Å². The zero-order chi connectivity index (χ0) is 19.9. The Balaban J connectivity index is 1.62. The molecule has 28 heavy (non-hydrogen) atoms. The van der Waals surface area contributed by atoms with Crippen LogP contribution < -0.4 is 10.6 Å². The first-order valence-corrected chi connectivity index (χ1v) is 9.49. The van der Waals surface area contributed by atoms with Gasteiger partial charge in [-0.1, -0.05) is 38.1 Å². The third-order valence-electron chi connectivity index (χ3n) is 4.65. The summed E-state index contributed by atoms with van der Waals surface area (Å²) in [6, 6.07) is 22.2. The molecule has 0 saturated heterocycles. The molecule has 142 valence electrons. The van der Waals surface area contributed by atoms with E-state index < -0.39 is 0 Å². The number of amides is 2. The molecule has 0 aliphatic carbocycles. The number of benzene rings is 3. The van der Waals surface area contributed by atoms with Crippen molar-refractivity contribution in [1.29, 1.82) is 0 Å². The lowest BCUT2D eigenvalue weighted by Crippen LogP contribution is -2.14. The van der Waals surface area contributed by atoms with Crippen molar-refractivity contribution in [3.63, 3.8) is 0 Å². The molecule has 0 aliphatic heterocycles. The van der Waals surface area contributed by atoms with Gasteiger partial charge in [-0.3, -0.25) is 9.59 Å². The number of carbonyl (C=O) groups is 2. The van der Waals surface area contributed by atoms with Gasteiger partial charge < -0.3 is 10.6 Å². The highest BCUT2D eigenvalue weighted by Crippen LogP contribution is 2.14. The Morgan fingerprint density at radius 3 is 1.18 bits per heavy atom. The van der Waals surface area contributed by atoms with Gasteiger partial charge in [0.15, 0.2) is 0 Å². The van der Waals surface area contributed by atoms with Crippen molar-refractivity contribution in [3.05, 3.63) is 95.1 Å². The maximum atomic E-state index is 12.4. The molecular formula is C24H24N2O2. The molecule has 0 aromatic heterocycles. The number of carbonyl (C=O) groups excluding carboxylic acids is 2. The standard InChI is InChI=1S/C24H24N2O2/c1-3-17-5-13-21(14-6-17)25-23(27)19-9-11-20(12-10-19)24(28)26-22-15-7-18(4-2)8-16-22/h5-16H,3-4H2,1-2H3,(H,25,27)(H,26,28). The molecule has 0 atom stereocenters. The second-order valence-electron chi connectivity index (χ2n) is 6.59. The van der Waals surface area contributed by atoms with E-state index in [0.29, 0.717) is 11.1 Å². The smallest absolute Gasteiger partial charge is 0.255 e. The van der Waals surface area contributed by atoms with Crippen LogP contribution in [0.4, 0.5) is 11.4 Å². The molecule has 2 amide bonds. The van der Waals surface area contributed by atoms with Gasteiger partial charge in [0.25, 0.3) is 11.8 Å². The van der Waals surface area contributed by atoms with Gasteiger partial charge in [0, 0.05) is 22.5 Å². The lowest BCUT2D eigenvalue weighted by Gasteiger charge is -2.08. The van der Waals surface area contributed by atoms with Crippen LogP contribution in [0.5, 0.6) is 0 Å². The van der Waals surface area contributed by atoms with Crippen LogP contribution in [0, 0.1) is 0 Å². The van der Waals surface area contributed by atoms with E-state index in [2.05, 4.69) is 24.5 Å². The van der Waals surface area contributed by atoms with E-state index >= 15 is 0 Å². The molecule has 0 spiro atoms. The van der Waals surface area contributed by atoms with Crippen molar-refractivity contribution in [2.75, 3.05) is 10.6 Å². The number of hydrogen-bond donors (Lipinski definition) is 2. The molecule has 0 aliphatic rings. The van der Waals surface area contributed by atoms with Crippen LogP contribution in [0.1, 0.15) is 45.7 Å². The highest BCUT2D eigenvalue weighted by Gasteiger charge is 2.10. The van der Waals surface area contributed by atoms with Crippen molar-refractivity contribution in [3.8, 4) is 0 Å². The Morgan fingerprint density at radius 1 is 0.571 bits per heavy atom. The van der Waals surface area contributed by atoms with Gasteiger partial charge in [-0.25, -0.2) is 0 Å². The lowest BCUT2D eigenvalue weighted by atomic mass is 10.1. The second kappa shape index (κ2) is 9.00. The largest absolute Gasteiger partial charge is 0.322 e. The summed E-state index contributed by atoms with van der Waals surface area (Å²) in [5.74, 6) is -0.405. The SMILES string of the molecule is CCc1ccc(NC(=O)c2ccc(C(=O)Nc3ccc(CC)cc3)cc2)cc1. The molecular weight excluding hydrogens is 348 g/mol. The van der Waals surface area contributed by atoms with Crippen LogP contribution in [-0.2, 0) is 12.8 Å². The molecule has 0 fully saturated rings. The molecule has 0 heterocycles. The Labute approximate surface area is 165 Å². The Kier molecular flexibility index (Phi) is 6.22. The molecule has 3 aromatic carbocycles. The van der Waals surface area contributed by atoms with E-state index in [-0.39, 0.29) is 11.8 Å². The highest BCUT2D eigenvalue weighted by atomic mass is 16.2. The summed E-state index contributed by atoms with van der Waals surface area (Å²) >= 11 is 0. The number of nitrogens with one attached hydrogen (secondary N) is 2. The van der Waals surface area contributed by atoms with E-state index in [9.17, 15) is 9.59 Å². The van der Waals surface area contributed by atoms with Crippen LogP contribution in [0.25, 0.3) is 0 Å². The topological polar surface area (TPSA) is 58.2 Å². The minimum absolute atomic E-state index is 0.202. The van der Waals surface area contributed by atoms with Gasteiger partial charge in [0.05, 0.1) is 0 Å². The van der Waals surface area contributed by atoms with E-state index in [1.807, 2.05) is 48.5 Å². The number of hydrogen-bond acceptors (Lipinski definition) is 2. The minimum Gasteiger partial charge on any atom is -0.322 e. The zero-order valence-corrected chi connectivity index (χ0v) is 16.2. The fraction of sp³-hybridized carbons (Fsp3) is 0.167. The first kappa shape index (κ1) is 19.4. The van der Waals surface area contributed by atoms with Crippen molar-refractivity contribution in [1.82, 2.24) is 0 Å². The van der Waals surface area contributed by atoms with Gasteiger partial charge in [-0.2, -0.15) is 0 Å². The molecule has 2 N–H and O–H groups in total.